The fourth-order valence-electron chi connectivity index (χ4n) is 2.43. The van der Waals surface area contributed by atoms with Gasteiger partial charge in [-0.15, -0.1) is 11.8 Å². The number of rotatable bonds is 15. The van der Waals surface area contributed by atoms with Crippen LogP contribution >= 0.6 is 11.8 Å². The molecule has 0 atom stereocenters. The summed E-state index contributed by atoms with van der Waals surface area (Å²) in [4.78, 5) is 45.4. The zero-order chi connectivity index (χ0) is 25.2. The number of nitrogens with one attached hydrogen (secondary N) is 3. The first kappa shape index (κ1) is 30.2. The molecule has 0 aromatic rings. The molecule has 3 amide bonds. The molecule has 0 heterocycles. The number of hydrogen-bond acceptors (Lipinski definition) is 5. The molecule has 0 aliphatic heterocycles. The predicted molar refractivity (Wildman–Crippen MR) is 133 cm³/mol. The molecule has 0 rings (SSSR count). The van der Waals surface area contributed by atoms with Crippen molar-refractivity contribution in [1.29, 1.82) is 0 Å². The smallest absolute Gasteiger partial charge is 0.352 e. The Hall–Kier alpha value is -2.81. The number of carboxylic acids is 1. The van der Waals surface area contributed by atoms with Gasteiger partial charge in [-0.1, -0.05) is 34.9 Å². The molecule has 8 nitrogen and oxygen atoms in total. The summed E-state index contributed by atoms with van der Waals surface area (Å²) in [5, 5.41) is 17.5. The predicted octanol–water partition coefficient (Wildman–Crippen LogP) is 3.43. The van der Waals surface area contributed by atoms with E-state index in [2.05, 4.69) is 48.9 Å². The molecule has 9 heteroatoms. The van der Waals surface area contributed by atoms with Crippen molar-refractivity contribution in [2.75, 3.05) is 18.8 Å². The molecule has 0 saturated carbocycles. The van der Waals surface area contributed by atoms with Gasteiger partial charge in [0.05, 0.1) is 13.1 Å². The maximum absolute atomic E-state index is 11.9. The molecule has 0 radical (unpaired) electrons. The number of carbonyl (C=O) groups excluding carboxylic acids is 3. The lowest BCUT2D eigenvalue weighted by molar-refractivity contribution is -0.134. The summed E-state index contributed by atoms with van der Waals surface area (Å²) in [5.74, 6) is -2.27. The van der Waals surface area contributed by atoms with E-state index in [9.17, 15) is 24.3 Å². The summed E-state index contributed by atoms with van der Waals surface area (Å²) in [6, 6.07) is 0. The molecule has 0 spiro atoms. The number of hydrogen-bond donors (Lipinski definition) is 4. The van der Waals surface area contributed by atoms with Gasteiger partial charge in [-0.3, -0.25) is 14.4 Å². The molecule has 0 aromatic carbocycles. The quantitative estimate of drug-likeness (QED) is 0.162. The van der Waals surface area contributed by atoms with Crippen LogP contribution in [0.1, 0.15) is 60.3 Å². The van der Waals surface area contributed by atoms with Gasteiger partial charge in [0.1, 0.15) is 5.70 Å². The van der Waals surface area contributed by atoms with Crippen LogP contribution in [0.4, 0.5) is 0 Å². The molecule has 0 bridgehead atoms. The number of thioether (sulfide) groups is 1. The van der Waals surface area contributed by atoms with Gasteiger partial charge in [0.25, 0.3) is 0 Å². The van der Waals surface area contributed by atoms with Crippen LogP contribution in [0.25, 0.3) is 0 Å². The van der Waals surface area contributed by atoms with Crippen molar-refractivity contribution in [3.05, 3.63) is 46.1 Å². The highest BCUT2D eigenvalue weighted by Gasteiger charge is 2.12. The number of aliphatic carboxylic acids is 1. The van der Waals surface area contributed by atoms with E-state index in [1.807, 2.05) is 13.0 Å². The molecule has 0 aromatic heterocycles. The molecule has 0 aliphatic carbocycles. The Kier molecular flexibility index (Phi) is 16.2. The van der Waals surface area contributed by atoms with Crippen molar-refractivity contribution in [2.24, 2.45) is 0 Å². The Balaban J connectivity index is 4.41. The van der Waals surface area contributed by atoms with Gasteiger partial charge in [-0.2, -0.15) is 0 Å². The summed E-state index contributed by atoms with van der Waals surface area (Å²) in [6.45, 7) is 9.02. The van der Waals surface area contributed by atoms with Crippen molar-refractivity contribution in [3.8, 4) is 0 Å². The van der Waals surface area contributed by atoms with E-state index in [0.29, 0.717) is 5.75 Å². The Morgan fingerprint density at radius 1 is 0.788 bits per heavy atom. The SMILES string of the molecule is CC(=O)NCC(=O)NCC(=O)N/C(=C\SC/C=C(\C)CC/C=C(\C)CCC=C(C)C)C(=O)O. The third kappa shape index (κ3) is 18.5. The van der Waals surface area contributed by atoms with E-state index >= 15 is 0 Å². The third-order valence-corrected chi connectivity index (χ3v) is 5.06. The van der Waals surface area contributed by atoms with Crippen LogP contribution < -0.4 is 16.0 Å². The lowest BCUT2D eigenvalue weighted by Gasteiger charge is -2.07. The van der Waals surface area contributed by atoms with E-state index in [1.54, 1.807) is 0 Å². The van der Waals surface area contributed by atoms with E-state index in [1.165, 1.54) is 40.8 Å². The minimum Gasteiger partial charge on any atom is -0.477 e. The standard InChI is InChI=1S/C24H37N3O5S/c1-17(2)8-6-9-18(3)10-7-11-19(4)12-13-33-16-21(24(31)32)27-23(30)15-26-22(29)14-25-20(5)28/h8,10,12,16H,6-7,9,11,13-15H2,1-5H3,(H,25,28)(H,26,29)(H,27,30)(H,31,32)/b18-10+,19-12+,21-16-. The molecule has 4 N–H and O–H groups in total. The summed E-state index contributed by atoms with van der Waals surface area (Å²) in [5.41, 5.74) is 3.67. The second-order valence-corrected chi connectivity index (χ2v) is 8.77. The Morgan fingerprint density at radius 2 is 1.36 bits per heavy atom. The monoisotopic (exact) mass is 479 g/mol. The second kappa shape index (κ2) is 17.7. The van der Waals surface area contributed by atoms with Crippen molar-refractivity contribution in [1.82, 2.24) is 16.0 Å². The molecule has 33 heavy (non-hydrogen) atoms. The van der Waals surface area contributed by atoms with E-state index in [4.69, 9.17) is 0 Å². The highest BCUT2D eigenvalue weighted by Crippen LogP contribution is 2.13. The summed E-state index contributed by atoms with van der Waals surface area (Å²) in [7, 11) is 0. The minimum atomic E-state index is -1.27. The topological polar surface area (TPSA) is 125 Å². The number of amides is 3. The normalized spacial score (nSPS) is 12.1. The molecule has 184 valence electrons. The lowest BCUT2D eigenvalue weighted by Crippen LogP contribution is -2.42. The maximum atomic E-state index is 11.9. The zero-order valence-corrected chi connectivity index (χ0v) is 21.1. The molecule has 0 fully saturated rings. The van der Waals surface area contributed by atoms with Crippen molar-refractivity contribution in [2.45, 2.75) is 60.3 Å². The fourth-order valence-corrected chi connectivity index (χ4v) is 3.24. The average molecular weight is 480 g/mol. The number of carbonyl (C=O) groups is 4. The zero-order valence-electron chi connectivity index (χ0n) is 20.2. The molecule has 0 unspecified atom stereocenters. The van der Waals surface area contributed by atoms with Crippen LogP contribution in [0.5, 0.6) is 0 Å². The first-order chi connectivity index (χ1) is 15.5. The molecular weight excluding hydrogens is 442 g/mol. The molecule has 0 aliphatic rings. The molecule has 0 saturated heterocycles. The van der Waals surface area contributed by atoms with Gasteiger partial charge < -0.3 is 21.1 Å². The second-order valence-electron chi connectivity index (χ2n) is 7.86. The Bertz CT molecular complexity index is 809. The summed E-state index contributed by atoms with van der Waals surface area (Å²) >= 11 is 1.26. The van der Waals surface area contributed by atoms with Gasteiger partial charge in [-0.25, -0.2) is 4.79 Å². The Labute approximate surface area is 201 Å². The van der Waals surface area contributed by atoms with Crippen molar-refractivity contribution in [3.63, 3.8) is 0 Å². The van der Waals surface area contributed by atoms with Gasteiger partial charge in [0.15, 0.2) is 0 Å². The van der Waals surface area contributed by atoms with Gasteiger partial charge >= 0.3 is 5.97 Å². The maximum Gasteiger partial charge on any atom is 0.352 e. The van der Waals surface area contributed by atoms with E-state index in [0.717, 1.165) is 25.7 Å². The van der Waals surface area contributed by atoms with Crippen LogP contribution in [-0.2, 0) is 19.2 Å². The lowest BCUT2D eigenvalue weighted by atomic mass is 10.1. The molecular formula is C24H37N3O5S. The third-order valence-electron chi connectivity index (χ3n) is 4.30. The number of allylic oxidation sites excluding steroid dienone is 5. The van der Waals surface area contributed by atoms with Crippen LogP contribution in [0.3, 0.4) is 0 Å². The van der Waals surface area contributed by atoms with Crippen LogP contribution in [0.15, 0.2) is 46.1 Å². The van der Waals surface area contributed by atoms with Gasteiger partial charge in [0, 0.05) is 18.1 Å². The van der Waals surface area contributed by atoms with Crippen molar-refractivity contribution < 1.29 is 24.3 Å². The van der Waals surface area contributed by atoms with Crippen LogP contribution in [0.2, 0.25) is 0 Å². The van der Waals surface area contributed by atoms with Crippen LogP contribution in [0, 0.1) is 0 Å². The first-order valence-corrected chi connectivity index (χ1v) is 11.9. The highest BCUT2D eigenvalue weighted by molar-refractivity contribution is 8.02. The average Bonchev–Trinajstić information content (AvgIpc) is 2.72. The largest absolute Gasteiger partial charge is 0.477 e. The van der Waals surface area contributed by atoms with E-state index in [-0.39, 0.29) is 18.1 Å². The van der Waals surface area contributed by atoms with Crippen molar-refractivity contribution >= 4 is 35.5 Å². The summed E-state index contributed by atoms with van der Waals surface area (Å²) < 4.78 is 0. The minimum absolute atomic E-state index is 0.253. The number of carboxylic acid groups (broad SMARTS) is 1. The first-order valence-electron chi connectivity index (χ1n) is 10.8. The summed E-state index contributed by atoms with van der Waals surface area (Å²) in [6.07, 6.45) is 10.6. The fraction of sp³-hybridized carbons (Fsp3) is 0.500. The van der Waals surface area contributed by atoms with Gasteiger partial charge in [0.2, 0.25) is 17.7 Å². The van der Waals surface area contributed by atoms with Gasteiger partial charge in [-0.05, 0) is 53.4 Å². The highest BCUT2D eigenvalue weighted by atomic mass is 32.2. The Morgan fingerprint density at radius 3 is 1.94 bits per heavy atom. The van der Waals surface area contributed by atoms with Crippen LogP contribution in [-0.4, -0.2) is 47.6 Å². The van der Waals surface area contributed by atoms with E-state index < -0.39 is 24.3 Å².